The highest BCUT2D eigenvalue weighted by Crippen LogP contribution is 2.42. The van der Waals surface area contributed by atoms with Crippen LogP contribution in [0, 0.1) is 0 Å². The first-order valence-electron chi connectivity index (χ1n) is 7.76. The van der Waals surface area contributed by atoms with Crippen LogP contribution in [0.1, 0.15) is 23.8 Å². The smallest absolute Gasteiger partial charge is 0.208 e. The predicted molar refractivity (Wildman–Crippen MR) is 87.1 cm³/mol. The van der Waals surface area contributed by atoms with Gasteiger partial charge >= 0.3 is 0 Å². The molecule has 0 bridgehead atoms. The monoisotopic (exact) mass is 328 g/mol. The van der Waals surface area contributed by atoms with E-state index in [-0.39, 0.29) is 0 Å². The van der Waals surface area contributed by atoms with Crippen molar-refractivity contribution in [3.63, 3.8) is 0 Å². The van der Waals surface area contributed by atoms with Gasteiger partial charge in [0.25, 0.3) is 0 Å². The summed E-state index contributed by atoms with van der Waals surface area (Å²) in [5.41, 5.74) is 0.768. The van der Waals surface area contributed by atoms with E-state index in [0.717, 1.165) is 29.7 Å². The van der Waals surface area contributed by atoms with Crippen molar-refractivity contribution in [3.8, 4) is 0 Å². The van der Waals surface area contributed by atoms with E-state index in [1.165, 1.54) is 17.8 Å². The molecule has 2 fully saturated rings. The molecule has 0 atom stereocenters. The summed E-state index contributed by atoms with van der Waals surface area (Å²) in [6.45, 7) is 1.88. The van der Waals surface area contributed by atoms with Gasteiger partial charge in [-0.2, -0.15) is 4.52 Å². The summed E-state index contributed by atoms with van der Waals surface area (Å²) in [7, 11) is 2.11. The molecule has 3 aromatic rings. The normalized spacial score (nSPS) is 18.4. The van der Waals surface area contributed by atoms with E-state index in [2.05, 4.69) is 42.3 Å². The average Bonchev–Trinajstić information content (AvgIpc) is 3.07. The Labute approximate surface area is 136 Å². The Kier molecular flexibility index (Phi) is 2.78. The maximum absolute atomic E-state index is 4.53. The van der Waals surface area contributed by atoms with E-state index in [9.17, 15) is 0 Å². The third-order valence-electron chi connectivity index (χ3n) is 4.54. The van der Waals surface area contributed by atoms with Gasteiger partial charge < -0.3 is 9.80 Å². The number of hydrogen-bond acceptors (Lipinski definition) is 8. The highest BCUT2D eigenvalue weighted by atomic mass is 32.1. The number of anilines is 2. The van der Waals surface area contributed by atoms with E-state index in [1.807, 2.05) is 12.1 Å². The van der Waals surface area contributed by atoms with Crippen LogP contribution >= 0.6 is 11.3 Å². The van der Waals surface area contributed by atoms with Crippen LogP contribution in [0.3, 0.4) is 0 Å². The molecule has 8 nitrogen and oxygen atoms in total. The van der Waals surface area contributed by atoms with Crippen LogP contribution in [-0.4, -0.2) is 56.2 Å². The zero-order valence-electron chi connectivity index (χ0n) is 12.7. The molecule has 0 radical (unpaired) electrons. The van der Waals surface area contributed by atoms with Crippen molar-refractivity contribution in [1.29, 1.82) is 0 Å². The maximum Gasteiger partial charge on any atom is 0.208 e. The number of likely N-dealkylation sites (N-methyl/N-ethyl adjacent to an activating group) is 1. The molecular formula is C14H16N8S. The van der Waals surface area contributed by atoms with Gasteiger partial charge in [-0.1, -0.05) is 11.3 Å². The molecule has 0 N–H and O–H groups in total. The summed E-state index contributed by atoms with van der Waals surface area (Å²) in [5.74, 6) is 1.63. The number of rotatable bonds is 4. The third-order valence-corrected chi connectivity index (χ3v) is 5.72. The Hall–Kier alpha value is -2.29. The Bertz CT molecular complexity index is 847. The number of fused-ring (bicyclic) bond motifs is 1. The Morgan fingerprint density at radius 2 is 2.04 bits per heavy atom. The molecule has 118 valence electrons. The largest absolute Gasteiger partial charge is 0.351 e. The van der Waals surface area contributed by atoms with Crippen LogP contribution in [0.5, 0.6) is 0 Å². The Morgan fingerprint density at radius 1 is 1.17 bits per heavy atom. The first kappa shape index (κ1) is 13.2. The summed E-state index contributed by atoms with van der Waals surface area (Å²) < 4.78 is 1.71. The molecule has 0 spiro atoms. The third kappa shape index (κ3) is 2.23. The van der Waals surface area contributed by atoms with Gasteiger partial charge in [0.05, 0.1) is 6.04 Å². The fourth-order valence-corrected chi connectivity index (χ4v) is 3.84. The second kappa shape index (κ2) is 4.85. The molecule has 4 heterocycles. The molecule has 2 aliphatic rings. The van der Waals surface area contributed by atoms with E-state index >= 15 is 0 Å². The van der Waals surface area contributed by atoms with Crippen LogP contribution in [0.4, 0.5) is 10.9 Å². The lowest BCUT2D eigenvalue weighted by Gasteiger charge is -2.44. The first-order valence-corrected chi connectivity index (χ1v) is 8.58. The van der Waals surface area contributed by atoms with Crippen LogP contribution < -0.4 is 9.80 Å². The zero-order valence-corrected chi connectivity index (χ0v) is 13.5. The standard InChI is InChI=1S/C14H16N8S/c1-20(14-18-17-13(23-14)9-2-3-9)10-6-21(7-10)12-5-4-11-16-15-8-22(11)19-12/h4-5,8-10H,2-3,6-7H2,1H3. The van der Waals surface area contributed by atoms with E-state index in [1.54, 1.807) is 22.2 Å². The second-order valence-corrected chi connectivity index (χ2v) is 7.18. The summed E-state index contributed by atoms with van der Waals surface area (Å²) in [6.07, 6.45) is 4.17. The molecule has 1 aliphatic carbocycles. The molecule has 3 aromatic heterocycles. The summed E-state index contributed by atoms with van der Waals surface area (Å²) in [5, 5.41) is 23.3. The van der Waals surface area contributed by atoms with Crippen LogP contribution in [0.15, 0.2) is 18.5 Å². The van der Waals surface area contributed by atoms with Gasteiger partial charge in [-0.05, 0) is 25.0 Å². The maximum atomic E-state index is 4.53. The molecule has 0 amide bonds. The van der Waals surface area contributed by atoms with Crippen molar-refractivity contribution in [2.75, 3.05) is 29.9 Å². The van der Waals surface area contributed by atoms with Crippen LogP contribution in [-0.2, 0) is 0 Å². The summed E-state index contributed by atoms with van der Waals surface area (Å²) >= 11 is 1.74. The van der Waals surface area contributed by atoms with Gasteiger partial charge in [-0.25, -0.2) is 0 Å². The van der Waals surface area contributed by atoms with Crippen molar-refractivity contribution in [3.05, 3.63) is 23.5 Å². The number of nitrogens with zero attached hydrogens (tertiary/aromatic N) is 8. The minimum absolute atomic E-state index is 0.452. The van der Waals surface area contributed by atoms with Crippen molar-refractivity contribution in [1.82, 2.24) is 30.0 Å². The molecular weight excluding hydrogens is 312 g/mol. The quantitative estimate of drug-likeness (QED) is 0.712. The molecule has 23 heavy (non-hydrogen) atoms. The minimum atomic E-state index is 0.452. The fourth-order valence-electron chi connectivity index (χ4n) is 2.79. The summed E-state index contributed by atoms with van der Waals surface area (Å²) in [6, 6.07) is 4.39. The van der Waals surface area contributed by atoms with Crippen LogP contribution in [0.25, 0.3) is 5.65 Å². The second-order valence-electron chi connectivity index (χ2n) is 6.19. The van der Waals surface area contributed by atoms with E-state index < -0.39 is 0 Å². The van der Waals surface area contributed by atoms with Crippen LogP contribution in [0.2, 0.25) is 0 Å². The molecule has 1 saturated heterocycles. The predicted octanol–water partition coefficient (Wildman–Crippen LogP) is 1.18. The molecule has 0 unspecified atom stereocenters. The van der Waals surface area contributed by atoms with Gasteiger partial charge in [0.1, 0.15) is 17.2 Å². The molecule has 1 aliphatic heterocycles. The molecule has 9 heteroatoms. The first-order chi connectivity index (χ1) is 11.3. The van der Waals surface area contributed by atoms with Gasteiger partial charge in [0.2, 0.25) is 5.13 Å². The lowest BCUT2D eigenvalue weighted by atomic mass is 10.1. The van der Waals surface area contributed by atoms with Gasteiger partial charge in [-0.3, -0.25) is 0 Å². The van der Waals surface area contributed by atoms with Crippen molar-refractivity contribution in [2.24, 2.45) is 0 Å². The van der Waals surface area contributed by atoms with Crippen molar-refractivity contribution >= 4 is 27.9 Å². The highest BCUT2D eigenvalue weighted by Gasteiger charge is 2.34. The lowest BCUT2D eigenvalue weighted by molar-refractivity contribution is 0.488. The lowest BCUT2D eigenvalue weighted by Crippen LogP contribution is -2.59. The Balaban J connectivity index is 1.27. The molecule has 5 rings (SSSR count). The van der Waals surface area contributed by atoms with Crippen molar-refractivity contribution < 1.29 is 0 Å². The SMILES string of the molecule is CN(c1nnc(C2CC2)s1)C1CN(c2ccc3nncn3n2)C1. The summed E-state index contributed by atoms with van der Waals surface area (Å²) in [4.78, 5) is 4.50. The van der Waals surface area contributed by atoms with E-state index in [0.29, 0.717) is 12.0 Å². The van der Waals surface area contributed by atoms with Crippen molar-refractivity contribution in [2.45, 2.75) is 24.8 Å². The fraction of sp³-hybridized carbons (Fsp3) is 0.500. The highest BCUT2D eigenvalue weighted by molar-refractivity contribution is 7.15. The topological polar surface area (TPSA) is 75.3 Å². The molecule has 0 aromatic carbocycles. The Morgan fingerprint density at radius 3 is 2.87 bits per heavy atom. The van der Waals surface area contributed by atoms with Gasteiger partial charge in [-0.15, -0.1) is 25.5 Å². The minimum Gasteiger partial charge on any atom is -0.351 e. The zero-order chi connectivity index (χ0) is 15.4. The average molecular weight is 328 g/mol. The number of aromatic nitrogens is 6. The number of hydrogen-bond donors (Lipinski definition) is 0. The molecule has 1 saturated carbocycles. The van der Waals surface area contributed by atoms with Gasteiger partial charge in [0, 0.05) is 26.1 Å². The van der Waals surface area contributed by atoms with E-state index in [4.69, 9.17) is 0 Å². The van der Waals surface area contributed by atoms with Gasteiger partial charge in [0.15, 0.2) is 5.65 Å².